The lowest BCUT2D eigenvalue weighted by atomic mass is 10.2. The number of benzene rings is 1. The summed E-state index contributed by atoms with van der Waals surface area (Å²) in [6, 6.07) is 4.50. The summed E-state index contributed by atoms with van der Waals surface area (Å²) < 4.78 is 48.8. The van der Waals surface area contributed by atoms with Crippen LogP contribution in [0.1, 0.15) is 6.42 Å². The van der Waals surface area contributed by atoms with Gasteiger partial charge < -0.3 is 10.6 Å². The number of nitrogens with zero attached hydrogens (tertiary/aromatic N) is 1. The van der Waals surface area contributed by atoms with E-state index < -0.39 is 19.9 Å². The van der Waals surface area contributed by atoms with Crippen LogP contribution in [0, 0.1) is 0 Å². The molecule has 1 unspecified atom stereocenters. The molecule has 1 aliphatic heterocycles. The third kappa shape index (κ3) is 3.30. The maximum Gasteiger partial charge on any atom is 0.242 e. The van der Waals surface area contributed by atoms with Crippen LogP contribution in [0.5, 0.6) is 0 Å². The van der Waals surface area contributed by atoms with E-state index in [1.165, 1.54) is 13.1 Å². The predicted octanol–water partition coefficient (Wildman–Crippen LogP) is -0.200. The molecule has 3 N–H and O–H groups in total. The molecule has 0 saturated carbocycles. The highest BCUT2D eigenvalue weighted by molar-refractivity contribution is 7.91. The molecule has 0 aromatic heterocycles. The first kappa shape index (κ1) is 16.1. The van der Waals surface area contributed by atoms with Gasteiger partial charge in [-0.1, -0.05) is 0 Å². The maximum absolute atomic E-state index is 11.8. The Hall–Kier alpha value is -1.32. The Morgan fingerprint density at radius 2 is 2.05 bits per heavy atom. The third-order valence-corrected chi connectivity index (χ3v) is 6.95. The minimum Gasteiger partial charge on any atom is -0.398 e. The Kier molecular flexibility index (Phi) is 4.18. The van der Waals surface area contributed by atoms with Crippen molar-refractivity contribution in [3.05, 3.63) is 18.2 Å². The van der Waals surface area contributed by atoms with Crippen LogP contribution in [0.15, 0.2) is 23.1 Å². The number of hydrogen-bond acceptors (Lipinski definition) is 6. The summed E-state index contributed by atoms with van der Waals surface area (Å²) >= 11 is 0. The van der Waals surface area contributed by atoms with Gasteiger partial charge in [-0.3, -0.25) is 0 Å². The van der Waals surface area contributed by atoms with Crippen molar-refractivity contribution in [1.82, 2.24) is 4.72 Å². The van der Waals surface area contributed by atoms with E-state index in [0.717, 1.165) is 0 Å². The quantitative estimate of drug-likeness (QED) is 0.739. The highest BCUT2D eigenvalue weighted by Crippen LogP contribution is 2.27. The summed E-state index contributed by atoms with van der Waals surface area (Å²) in [4.78, 5) is 1.85. The number of hydrogen-bond donors (Lipinski definition) is 2. The zero-order chi connectivity index (χ0) is 15.8. The molecule has 1 fully saturated rings. The van der Waals surface area contributed by atoms with E-state index >= 15 is 0 Å². The molecule has 0 spiro atoms. The summed E-state index contributed by atoms with van der Waals surface area (Å²) in [5, 5.41) is 0. The number of sulfonamides is 1. The standard InChI is InChI=1S/C12H19N3O4S2/c1-14-21(18,19)12-4-3-9(7-11(12)13)15(2)10-5-6-20(16,17)8-10/h3-4,7,10,14H,5-6,8,13H2,1-2H3. The lowest BCUT2D eigenvalue weighted by molar-refractivity contribution is 0.588. The average Bonchev–Trinajstić information content (AvgIpc) is 2.77. The molecule has 0 aliphatic carbocycles. The van der Waals surface area contributed by atoms with Gasteiger partial charge in [0.25, 0.3) is 0 Å². The monoisotopic (exact) mass is 333 g/mol. The molecule has 9 heteroatoms. The molecule has 2 rings (SSSR count). The van der Waals surface area contributed by atoms with E-state index in [9.17, 15) is 16.8 Å². The van der Waals surface area contributed by atoms with Gasteiger partial charge in [0, 0.05) is 18.8 Å². The summed E-state index contributed by atoms with van der Waals surface area (Å²) in [6.07, 6.45) is 0.565. The fourth-order valence-corrected chi connectivity index (χ4v) is 5.01. The van der Waals surface area contributed by atoms with Crippen LogP contribution in [-0.4, -0.2) is 48.5 Å². The van der Waals surface area contributed by atoms with Gasteiger partial charge in [-0.25, -0.2) is 21.6 Å². The Balaban J connectivity index is 2.29. The van der Waals surface area contributed by atoms with Gasteiger partial charge in [-0.05, 0) is 31.7 Å². The Morgan fingerprint density at radius 3 is 2.52 bits per heavy atom. The van der Waals surface area contributed by atoms with Gasteiger partial charge in [0.05, 0.1) is 17.2 Å². The number of rotatable bonds is 4. The van der Waals surface area contributed by atoms with Gasteiger partial charge in [0.15, 0.2) is 9.84 Å². The normalized spacial score (nSPS) is 21.3. The minimum atomic E-state index is -3.60. The molecule has 21 heavy (non-hydrogen) atoms. The van der Waals surface area contributed by atoms with Gasteiger partial charge in [-0.15, -0.1) is 0 Å². The average molecular weight is 333 g/mol. The van der Waals surface area contributed by atoms with Gasteiger partial charge >= 0.3 is 0 Å². The van der Waals surface area contributed by atoms with Crippen LogP contribution < -0.4 is 15.4 Å². The molecule has 1 aromatic carbocycles. The second-order valence-electron chi connectivity index (χ2n) is 5.10. The van der Waals surface area contributed by atoms with Crippen LogP contribution in [0.25, 0.3) is 0 Å². The molecule has 1 heterocycles. The maximum atomic E-state index is 11.8. The highest BCUT2D eigenvalue weighted by atomic mass is 32.2. The van der Waals surface area contributed by atoms with E-state index in [-0.39, 0.29) is 28.1 Å². The molecular weight excluding hydrogens is 314 g/mol. The molecule has 118 valence electrons. The van der Waals surface area contributed by atoms with E-state index in [0.29, 0.717) is 12.1 Å². The van der Waals surface area contributed by atoms with E-state index in [4.69, 9.17) is 5.73 Å². The second-order valence-corrected chi connectivity index (χ2v) is 9.18. The smallest absolute Gasteiger partial charge is 0.242 e. The number of nitrogens with one attached hydrogen (secondary N) is 1. The van der Waals surface area contributed by atoms with E-state index in [1.807, 2.05) is 4.90 Å². The number of sulfone groups is 1. The number of nitrogens with two attached hydrogens (primary N) is 1. The largest absolute Gasteiger partial charge is 0.398 e. The molecule has 1 aromatic rings. The first-order chi connectivity index (χ1) is 9.66. The first-order valence-corrected chi connectivity index (χ1v) is 9.73. The molecule has 1 aliphatic rings. The van der Waals surface area contributed by atoms with E-state index in [1.54, 1.807) is 19.2 Å². The van der Waals surface area contributed by atoms with Crippen LogP contribution in [0.3, 0.4) is 0 Å². The lowest BCUT2D eigenvalue weighted by Crippen LogP contribution is -2.32. The molecule has 0 bridgehead atoms. The van der Waals surface area contributed by atoms with Crippen molar-refractivity contribution in [3.8, 4) is 0 Å². The number of nitrogen functional groups attached to an aromatic ring is 1. The summed E-state index contributed by atoms with van der Waals surface area (Å²) in [5.74, 6) is 0.295. The molecule has 1 atom stereocenters. The van der Waals surface area contributed by atoms with Crippen molar-refractivity contribution < 1.29 is 16.8 Å². The summed E-state index contributed by atoms with van der Waals surface area (Å²) in [6.45, 7) is 0. The molecular formula is C12H19N3O4S2. The molecule has 1 saturated heterocycles. The van der Waals surface area contributed by atoms with Gasteiger partial charge in [0.1, 0.15) is 4.90 Å². The zero-order valence-corrected chi connectivity index (χ0v) is 13.5. The Labute approximate surface area is 125 Å². The Bertz CT molecular complexity index is 744. The highest BCUT2D eigenvalue weighted by Gasteiger charge is 2.31. The van der Waals surface area contributed by atoms with Crippen LogP contribution in [0.4, 0.5) is 11.4 Å². The predicted molar refractivity (Wildman–Crippen MR) is 82.6 cm³/mol. The molecule has 0 amide bonds. The van der Waals surface area contributed by atoms with Crippen molar-refractivity contribution in [3.63, 3.8) is 0 Å². The topological polar surface area (TPSA) is 110 Å². The fraction of sp³-hybridized carbons (Fsp3) is 0.500. The van der Waals surface area contributed by atoms with Crippen molar-refractivity contribution >= 4 is 31.2 Å². The molecule has 7 nitrogen and oxygen atoms in total. The van der Waals surface area contributed by atoms with Crippen molar-refractivity contribution in [1.29, 1.82) is 0 Å². The Morgan fingerprint density at radius 1 is 1.38 bits per heavy atom. The zero-order valence-electron chi connectivity index (χ0n) is 11.9. The lowest BCUT2D eigenvalue weighted by Gasteiger charge is -2.26. The van der Waals surface area contributed by atoms with Crippen molar-refractivity contribution in [2.45, 2.75) is 17.4 Å². The summed E-state index contributed by atoms with van der Waals surface area (Å²) in [7, 11) is -3.47. The molecule has 0 radical (unpaired) electrons. The van der Waals surface area contributed by atoms with Gasteiger partial charge in [-0.2, -0.15) is 0 Å². The second kappa shape index (κ2) is 5.47. The SMILES string of the molecule is CNS(=O)(=O)c1ccc(N(C)C2CCS(=O)(=O)C2)cc1N. The minimum absolute atomic E-state index is 0.0150. The van der Waals surface area contributed by atoms with Crippen molar-refractivity contribution in [2.24, 2.45) is 0 Å². The fourth-order valence-electron chi connectivity index (χ4n) is 2.40. The third-order valence-electron chi connectivity index (χ3n) is 3.72. The van der Waals surface area contributed by atoms with E-state index in [2.05, 4.69) is 4.72 Å². The van der Waals surface area contributed by atoms with Crippen molar-refractivity contribution in [2.75, 3.05) is 36.2 Å². The van der Waals surface area contributed by atoms with Crippen LogP contribution in [-0.2, 0) is 19.9 Å². The first-order valence-electron chi connectivity index (χ1n) is 6.42. The van der Waals surface area contributed by atoms with Crippen LogP contribution in [0.2, 0.25) is 0 Å². The number of anilines is 2. The summed E-state index contributed by atoms with van der Waals surface area (Å²) in [5.41, 5.74) is 6.64. The van der Waals surface area contributed by atoms with Gasteiger partial charge in [0.2, 0.25) is 10.0 Å². The van der Waals surface area contributed by atoms with Crippen LogP contribution >= 0.6 is 0 Å².